The summed E-state index contributed by atoms with van der Waals surface area (Å²) in [7, 11) is 3.11. The van der Waals surface area contributed by atoms with Gasteiger partial charge in [-0.15, -0.1) is 0 Å². The van der Waals surface area contributed by atoms with Crippen LogP contribution in [0.5, 0.6) is 5.75 Å². The van der Waals surface area contributed by atoms with Crippen molar-refractivity contribution in [3.05, 3.63) is 65.5 Å². The molecule has 1 heterocycles. The van der Waals surface area contributed by atoms with Crippen LogP contribution in [0.2, 0.25) is 0 Å². The number of methoxy groups -OCH3 is 2. The Morgan fingerprint density at radius 2 is 1.91 bits per heavy atom. The maximum atomic E-state index is 14.5. The highest BCUT2D eigenvalue weighted by molar-refractivity contribution is 6.03. The van der Waals surface area contributed by atoms with Crippen LogP contribution in [-0.2, 0) is 9.53 Å². The molecule has 0 aliphatic carbocycles. The predicted molar refractivity (Wildman–Crippen MR) is 123 cm³/mol. The molecule has 0 fully saturated rings. The van der Waals surface area contributed by atoms with Gasteiger partial charge in [0.1, 0.15) is 18.1 Å². The van der Waals surface area contributed by atoms with Gasteiger partial charge in [0.05, 0.1) is 25.5 Å². The molecular formula is C24H29FN4O4. The summed E-state index contributed by atoms with van der Waals surface area (Å²) in [5, 5.41) is 8.56. The summed E-state index contributed by atoms with van der Waals surface area (Å²) >= 11 is 0. The molecule has 0 radical (unpaired) electrons. The smallest absolute Gasteiger partial charge is 0.317 e. The van der Waals surface area contributed by atoms with E-state index in [0.717, 1.165) is 5.56 Å². The Morgan fingerprint density at radius 1 is 1.18 bits per heavy atom. The fourth-order valence-electron chi connectivity index (χ4n) is 3.64. The number of carbonyl (C=O) groups excluding carboxylic acids is 2. The average molecular weight is 457 g/mol. The molecule has 2 aromatic carbocycles. The zero-order chi connectivity index (χ0) is 23.8. The van der Waals surface area contributed by atoms with Gasteiger partial charge in [-0.05, 0) is 30.7 Å². The minimum atomic E-state index is -0.434. The van der Waals surface area contributed by atoms with Gasteiger partial charge in [-0.2, -0.15) is 5.10 Å². The van der Waals surface area contributed by atoms with Crippen LogP contribution in [0.25, 0.3) is 0 Å². The number of hydrazone groups is 1. The van der Waals surface area contributed by atoms with E-state index in [9.17, 15) is 14.0 Å². The van der Waals surface area contributed by atoms with Crippen molar-refractivity contribution in [1.29, 1.82) is 0 Å². The predicted octanol–water partition coefficient (Wildman–Crippen LogP) is 3.19. The summed E-state index contributed by atoms with van der Waals surface area (Å²) in [5.41, 5.74) is 1.66. The topological polar surface area (TPSA) is 83.5 Å². The van der Waals surface area contributed by atoms with Crippen LogP contribution in [0.3, 0.4) is 0 Å². The first-order valence-electron chi connectivity index (χ1n) is 10.8. The molecule has 3 amide bonds. The third kappa shape index (κ3) is 5.87. The second kappa shape index (κ2) is 11.4. The number of nitrogens with one attached hydrogen (secondary N) is 1. The lowest BCUT2D eigenvalue weighted by molar-refractivity contribution is -0.133. The van der Waals surface area contributed by atoms with Gasteiger partial charge in [0.25, 0.3) is 5.91 Å². The van der Waals surface area contributed by atoms with Gasteiger partial charge in [-0.1, -0.05) is 30.3 Å². The molecule has 1 aliphatic heterocycles. The Morgan fingerprint density at radius 3 is 2.55 bits per heavy atom. The van der Waals surface area contributed by atoms with Crippen molar-refractivity contribution in [2.45, 2.75) is 19.4 Å². The first-order valence-corrected chi connectivity index (χ1v) is 10.8. The molecule has 1 N–H and O–H groups in total. The molecule has 33 heavy (non-hydrogen) atoms. The highest BCUT2D eigenvalue weighted by atomic mass is 19.1. The number of urea groups is 1. The van der Waals surface area contributed by atoms with E-state index in [1.807, 2.05) is 12.1 Å². The maximum absolute atomic E-state index is 14.5. The molecule has 2 aromatic rings. The van der Waals surface area contributed by atoms with Crippen LogP contribution in [0.15, 0.2) is 53.6 Å². The van der Waals surface area contributed by atoms with Gasteiger partial charge in [0.15, 0.2) is 0 Å². The fourth-order valence-corrected chi connectivity index (χ4v) is 3.64. The summed E-state index contributed by atoms with van der Waals surface area (Å²) in [5.74, 6) is -0.0839. The van der Waals surface area contributed by atoms with Crippen LogP contribution >= 0.6 is 0 Å². The molecule has 0 aromatic heterocycles. The zero-order valence-electron chi connectivity index (χ0n) is 19.1. The van der Waals surface area contributed by atoms with Crippen molar-refractivity contribution in [2.24, 2.45) is 5.10 Å². The summed E-state index contributed by atoms with van der Waals surface area (Å²) in [4.78, 5) is 27.2. The number of nitrogens with zero attached hydrogens (tertiary/aromatic N) is 3. The highest BCUT2D eigenvalue weighted by Crippen LogP contribution is 2.34. The summed E-state index contributed by atoms with van der Waals surface area (Å²) in [6.45, 7) is 2.59. The number of carbonyl (C=O) groups is 2. The number of hydrogen-bond acceptors (Lipinski definition) is 5. The molecule has 9 heteroatoms. The van der Waals surface area contributed by atoms with E-state index < -0.39 is 11.9 Å². The van der Waals surface area contributed by atoms with Crippen LogP contribution < -0.4 is 10.1 Å². The number of benzene rings is 2. The van der Waals surface area contributed by atoms with Crippen LogP contribution in [0.4, 0.5) is 9.18 Å². The Balaban J connectivity index is 1.90. The van der Waals surface area contributed by atoms with Gasteiger partial charge in [-0.3, -0.25) is 4.79 Å². The van der Waals surface area contributed by atoms with Crippen LogP contribution in [0.1, 0.15) is 30.5 Å². The fraction of sp³-hybridized carbons (Fsp3) is 0.375. The average Bonchev–Trinajstić information content (AvgIpc) is 3.27. The maximum Gasteiger partial charge on any atom is 0.317 e. The van der Waals surface area contributed by atoms with E-state index in [1.165, 1.54) is 23.1 Å². The van der Waals surface area contributed by atoms with Crippen molar-refractivity contribution < 1.29 is 23.5 Å². The van der Waals surface area contributed by atoms with Crippen molar-refractivity contribution in [2.75, 3.05) is 40.5 Å². The van der Waals surface area contributed by atoms with Crippen LogP contribution in [0, 0.1) is 5.82 Å². The molecule has 1 atom stereocenters. The van der Waals surface area contributed by atoms with Gasteiger partial charge in [0, 0.05) is 32.2 Å². The van der Waals surface area contributed by atoms with Gasteiger partial charge in [-0.25, -0.2) is 14.2 Å². The first-order chi connectivity index (χ1) is 16.0. The lowest BCUT2D eigenvalue weighted by Crippen LogP contribution is -2.47. The number of hydrogen-bond donors (Lipinski definition) is 1. The Hall–Kier alpha value is -3.46. The van der Waals surface area contributed by atoms with Gasteiger partial charge >= 0.3 is 6.03 Å². The standard InChI is InChI=1S/C24H29FN4O4/c1-4-26-24(31)28(13-14-32-2)16-23(30)29-22(17-9-11-18(33-3)12-10-17)15-21(27-29)19-7-5-6-8-20(19)25/h5-12,22H,4,13-16H2,1-3H3,(H,26,31)/t22-/m0/s1. The normalized spacial score (nSPS) is 15.2. The van der Waals surface area contributed by atoms with E-state index in [-0.39, 0.29) is 31.6 Å². The van der Waals surface area contributed by atoms with Crippen molar-refractivity contribution in [3.8, 4) is 5.75 Å². The van der Waals surface area contributed by atoms with E-state index in [1.54, 1.807) is 44.4 Å². The Labute approximate surface area is 193 Å². The lowest BCUT2D eigenvalue weighted by Gasteiger charge is -2.27. The third-order valence-corrected chi connectivity index (χ3v) is 5.36. The minimum absolute atomic E-state index is 0.185. The van der Waals surface area contributed by atoms with Crippen molar-refractivity contribution >= 4 is 17.6 Å². The summed E-state index contributed by atoms with van der Waals surface area (Å²) < 4.78 is 24.8. The third-order valence-electron chi connectivity index (χ3n) is 5.36. The molecular weight excluding hydrogens is 427 g/mol. The second-order valence-electron chi connectivity index (χ2n) is 7.51. The zero-order valence-corrected chi connectivity index (χ0v) is 19.1. The molecule has 0 spiro atoms. The SMILES string of the molecule is CCNC(=O)N(CCOC)CC(=O)N1N=C(c2ccccc2F)C[C@H]1c1ccc(OC)cc1. The molecule has 176 valence electrons. The number of halogens is 1. The number of rotatable bonds is 9. The lowest BCUT2D eigenvalue weighted by atomic mass is 9.98. The second-order valence-corrected chi connectivity index (χ2v) is 7.51. The van der Waals surface area contributed by atoms with E-state index in [0.29, 0.717) is 30.0 Å². The largest absolute Gasteiger partial charge is 0.497 e. The molecule has 0 bridgehead atoms. The van der Waals surface area contributed by atoms with E-state index in [2.05, 4.69) is 10.4 Å². The molecule has 0 saturated heterocycles. The van der Waals surface area contributed by atoms with Crippen molar-refractivity contribution in [1.82, 2.24) is 15.2 Å². The molecule has 0 unspecified atom stereocenters. The Kier molecular flexibility index (Phi) is 8.37. The monoisotopic (exact) mass is 456 g/mol. The number of ether oxygens (including phenoxy) is 2. The number of amides is 3. The summed E-state index contributed by atoms with van der Waals surface area (Å²) in [6, 6.07) is 12.9. The highest BCUT2D eigenvalue weighted by Gasteiger charge is 2.35. The molecule has 3 rings (SSSR count). The van der Waals surface area contributed by atoms with E-state index >= 15 is 0 Å². The minimum Gasteiger partial charge on any atom is -0.497 e. The molecule has 8 nitrogen and oxygen atoms in total. The van der Waals surface area contributed by atoms with Crippen LogP contribution in [-0.4, -0.2) is 68.0 Å². The van der Waals surface area contributed by atoms with Gasteiger partial charge in [0.2, 0.25) is 0 Å². The summed E-state index contributed by atoms with van der Waals surface area (Å²) in [6.07, 6.45) is 0.345. The van der Waals surface area contributed by atoms with Crippen molar-refractivity contribution in [3.63, 3.8) is 0 Å². The van der Waals surface area contributed by atoms with E-state index in [4.69, 9.17) is 9.47 Å². The van der Waals surface area contributed by atoms with Gasteiger partial charge < -0.3 is 19.7 Å². The first kappa shape index (κ1) is 24.2. The Bertz CT molecular complexity index is 996. The molecule has 0 saturated carbocycles. The molecule has 1 aliphatic rings. The quantitative estimate of drug-likeness (QED) is 0.628.